The number of rotatable bonds is 1. The Balaban J connectivity index is 1.72. The fraction of sp³-hybridized carbons (Fsp3) is 0.667. The number of hydrogen-bond donors (Lipinski definition) is 0. The zero-order valence-corrected chi connectivity index (χ0v) is 11.3. The minimum atomic E-state index is 0.577. The Kier molecular flexibility index (Phi) is 3.25. The zero-order chi connectivity index (χ0) is 12.4. The van der Waals surface area contributed by atoms with Crippen LogP contribution in [-0.2, 0) is 0 Å². The van der Waals surface area contributed by atoms with Gasteiger partial charge in [-0.15, -0.1) is 0 Å². The van der Waals surface area contributed by atoms with E-state index in [1.807, 2.05) is 12.4 Å². The second-order valence-corrected chi connectivity index (χ2v) is 6.03. The van der Waals surface area contributed by atoms with Gasteiger partial charge in [-0.3, -0.25) is 4.98 Å². The Labute approximate surface area is 110 Å². The molecule has 2 aliphatic rings. The van der Waals surface area contributed by atoms with Gasteiger partial charge in [-0.2, -0.15) is 0 Å². The van der Waals surface area contributed by atoms with E-state index in [0.717, 1.165) is 0 Å². The van der Waals surface area contributed by atoms with E-state index in [1.165, 1.54) is 57.5 Å². The minimum absolute atomic E-state index is 0.577. The van der Waals surface area contributed by atoms with E-state index in [1.54, 1.807) is 0 Å². The SMILES string of the molecule is CN1CCC2(CCCN(c3ccncc3)C2)CC1. The Morgan fingerprint density at radius 1 is 1.06 bits per heavy atom. The van der Waals surface area contributed by atoms with Crippen LogP contribution in [0.25, 0.3) is 0 Å². The number of pyridine rings is 1. The molecule has 18 heavy (non-hydrogen) atoms. The number of aromatic nitrogens is 1. The van der Waals surface area contributed by atoms with Crippen LogP contribution < -0.4 is 4.90 Å². The van der Waals surface area contributed by atoms with E-state index < -0.39 is 0 Å². The Hall–Kier alpha value is -1.09. The van der Waals surface area contributed by atoms with Crippen molar-refractivity contribution >= 4 is 5.69 Å². The number of nitrogens with zero attached hydrogens (tertiary/aromatic N) is 3. The van der Waals surface area contributed by atoms with Crippen molar-refractivity contribution in [1.29, 1.82) is 0 Å². The first-order valence-corrected chi connectivity index (χ1v) is 7.11. The van der Waals surface area contributed by atoms with E-state index in [-0.39, 0.29) is 0 Å². The zero-order valence-electron chi connectivity index (χ0n) is 11.3. The molecule has 1 aromatic rings. The summed E-state index contributed by atoms with van der Waals surface area (Å²) in [5.41, 5.74) is 1.93. The van der Waals surface area contributed by atoms with Crippen molar-refractivity contribution in [2.75, 3.05) is 38.1 Å². The first-order chi connectivity index (χ1) is 8.77. The monoisotopic (exact) mass is 245 g/mol. The van der Waals surface area contributed by atoms with Crippen molar-refractivity contribution in [1.82, 2.24) is 9.88 Å². The normalized spacial score (nSPS) is 24.4. The summed E-state index contributed by atoms with van der Waals surface area (Å²) < 4.78 is 0. The molecule has 2 aliphatic heterocycles. The number of likely N-dealkylation sites (tertiary alicyclic amines) is 1. The Morgan fingerprint density at radius 2 is 1.78 bits per heavy atom. The number of anilines is 1. The van der Waals surface area contributed by atoms with Crippen molar-refractivity contribution in [3.05, 3.63) is 24.5 Å². The van der Waals surface area contributed by atoms with Gasteiger partial charge in [0.2, 0.25) is 0 Å². The maximum Gasteiger partial charge on any atom is 0.0397 e. The van der Waals surface area contributed by atoms with Gasteiger partial charge in [0, 0.05) is 31.2 Å². The van der Waals surface area contributed by atoms with Crippen LogP contribution in [0.1, 0.15) is 25.7 Å². The van der Waals surface area contributed by atoms with Crippen LogP contribution in [0, 0.1) is 5.41 Å². The van der Waals surface area contributed by atoms with Gasteiger partial charge in [-0.1, -0.05) is 0 Å². The Bertz CT molecular complexity index is 382. The highest BCUT2D eigenvalue weighted by molar-refractivity contribution is 5.45. The molecule has 0 bridgehead atoms. The summed E-state index contributed by atoms with van der Waals surface area (Å²) in [6.45, 7) is 4.99. The standard InChI is InChI=1S/C15H23N3/c1-17-11-6-15(7-12-17)5-2-10-18(13-15)14-3-8-16-9-4-14/h3-4,8-9H,2,5-7,10-13H2,1H3. The average molecular weight is 245 g/mol. The lowest BCUT2D eigenvalue weighted by Crippen LogP contribution is -2.48. The maximum absolute atomic E-state index is 4.12. The molecule has 0 amide bonds. The van der Waals surface area contributed by atoms with E-state index in [2.05, 4.69) is 34.0 Å². The van der Waals surface area contributed by atoms with E-state index in [4.69, 9.17) is 0 Å². The van der Waals surface area contributed by atoms with Gasteiger partial charge < -0.3 is 9.80 Å². The molecule has 3 nitrogen and oxygen atoms in total. The molecule has 3 heterocycles. The van der Waals surface area contributed by atoms with Gasteiger partial charge in [-0.05, 0) is 63.4 Å². The molecule has 0 N–H and O–H groups in total. The van der Waals surface area contributed by atoms with Crippen LogP contribution in [0.4, 0.5) is 5.69 Å². The molecule has 0 unspecified atom stereocenters. The van der Waals surface area contributed by atoms with Crippen molar-refractivity contribution in [3.8, 4) is 0 Å². The predicted octanol–water partition coefficient (Wildman–Crippen LogP) is 2.39. The fourth-order valence-electron chi connectivity index (χ4n) is 3.48. The lowest BCUT2D eigenvalue weighted by molar-refractivity contribution is 0.103. The molecule has 0 saturated carbocycles. The van der Waals surface area contributed by atoms with Crippen LogP contribution in [0.3, 0.4) is 0 Å². The molecule has 1 spiro atoms. The lowest BCUT2D eigenvalue weighted by atomic mass is 9.72. The summed E-state index contributed by atoms with van der Waals surface area (Å²) in [5.74, 6) is 0. The van der Waals surface area contributed by atoms with Gasteiger partial charge in [0.15, 0.2) is 0 Å². The first kappa shape index (κ1) is 12.0. The quantitative estimate of drug-likeness (QED) is 0.757. The molecule has 2 saturated heterocycles. The molecule has 2 fully saturated rings. The first-order valence-electron chi connectivity index (χ1n) is 7.11. The van der Waals surface area contributed by atoms with Gasteiger partial charge in [-0.25, -0.2) is 0 Å². The molecular weight excluding hydrogens is 222 g/mol. The summed E-state index contributed by atoms with van der Waals surface area (Å²) >= 11 is 0. The third-order valence-electron chi connectivity index (χ3n) is 4.74. The van der Waals surface area contributed by atoms with Crippen LogP contribution >= 0.6 is 0 Å². The van der Waals surface area contributed by atoms with E-state index >= 15 is 0 Å². The topological polar surface area (TPSA) is 19.4 Å². The van der Waals surface area contributed by atoms with Crippen molar-refractivity contribution in [2.24, 2.45) is 5.41 Å². The van der Waals surface area contributed by atoms with Crippen molar-refractivity contribution < 1.29 is 0 Å². The van der Waals surface area contributed by atoms with Crippen LogP contribution in [0.5, 0.6) is 0 Å². The van der Waals surface area contributed by atoms with Gasteiger partial charge in [0.1, 0.15) is 0 Å². The molecule has 1 aromatic heterocycles. The van der Waals surface area contributed by atoms with E-state index in [9.17, 15) is 0 Å². The highest BCUT2D eigenvalue weighted by Gasteiger charge is 2.37. The molecule has 98 valence electrons. The average Bonchev–Trinajstić information content (AvgIpc) is 2.44. The van der Waals surface area contributed by atoms with Gasteiger partial charge in [0.05, 0.1) is 0 Å². The van der Waals surface area contributed by atoms with Gasteiger partial charge in [0.25, 0.3) is 0 Å². The summed E-state index contributed by atoms with van der Waals surface area (Å²) in [4.78, 5) is 9.16. The molecule has 3 rings (SSSR count). The van der Waals surface area contributed by atoms with Crippen molar-refractivity contribution in [3.63, 3.8) is 0 Å². The molecule has 0 radical (unpaired) electrons. The van der Waals surface area contributed by atoms with Crippen molar-refractivity contribution in [2.45, 2.75) is 25.7 Å². The number of hydrogen-bond acceptors (Lipinski definition) is 3. The summed E-state index contributed by atoms with van der Waals surface area (Å²) in [7, 11) is 2.25. The summed E-state index contributed by atoms with van der Waals surface area (Å²) in [6.07, 6.45) is 9.31. The lowest BCUT2D eigenvalue weighted by Gasteiger charge is -2.47. The summed E-state index contributed by atoms with van der Waals surface area (Å²) in [6, 6.07) is 4.29. The second-order valence-electron chi connectivity index (χ2n) is 6.03. The molecule has 0 aliphatic carbocycles. The predicted molar refractivity (Wildman–Crippen MR) is 74.8 cm³/mol. The van der Waals surface area contributed by atoms with Crippen LogP contribution in [0.15, 0.2) is 24.5 Å². The molecule has 3 heteroatoms. The molecular formula is C15H23N3. The smallest absolute Gasteiger partial charge is 0.0397 e. The Morgan fingerprint density at radius 3 is 2.50 bits per heavy atom. The van der Waals surface area contributed by atoms with Gasteiger partial charge >= 0.3 is 0 Å². The maximum atomic E-state index is 4.12. The second kappa shape index (κ2) is 4.88. The largest absolute Gasteiger partial charge is 0.371 e. The fourth-order valence-corrected chi connectivity index (χ4v) is 3.48. The summed E-state index contributed by atoms with van der Waals surface area (Å²) in [5, 5.41) is 0. The van der Waals surface area contributed by atoms with Crippen LogP contribution in [-0.4, -0.2) is 43.1 Å². The minimum Gasteiger partial charge on any atom is -0.371 e. The number of piperidine rings is 2. The molecule has 0 atom stereocenters. The highest BCUT2D eigenvalue weighted by Crippen LogP contribution is 2.40. The third-order valence-corrected chi connectivity index (χ3v) is 4.74. The molecule has 0 aromatic carbocycles. The third kappa shape index (κ3) is 2.37. The highest BCUT2D eigenvalue weighted by atomic mass is 15.2. The van der Waals surface area contributed by atoms with Crippen LogP contribution in [0.2, 0.25) is 0 Å². The van der Waals surface area contributed by atoms with E-state index in [0.29, 0.717) is 5.41 Å².